The third-order valence-corrected chi connectivity index (χ3v) is 7.83. The number of aromatic nitrogens is 4. The number of halogens is 3. The summed E-state index contributed by atoms with van der Waals surface area (Å²) in [7, 11) is 3.19. The molecule has 1 amide bonds. The monoisotopic (exact) mass is 588 g/mol. The van der Waals surface area contributed by atoms with Crippen LogP contribution in [0.1, 0.15) is 25.7 Å². The van der Waals surface area contributed by atoms with Gasteiger partial charge in [-0.15, -0.1) is 0 Å². The van der Waals surface area contributed by atoms with Gasteiger partial charge in [-0.1, -0.05) is 11.6 Å². The van der Waals surface area contributed by atoms with Gasteiger partial charge >= 0.3 is 6.09 Å². The molecule has 1 spiro atoms. The van der Waals surface area contributed by atoms with Crippen molar-refractivity contribution in [3.63, 3.8) is 0 Å². The minimum atomic E-state index is -0.530. The maximum atomic E-state index is 14.7. The molecule has 1 aliphatic carbocycles. The fourth-order valence-electron chi connectivity index (χ4n) is 4.55. The van der Waals surface area contributed by atoms with E-state index in [9.17, 15) is 9.18 Å². The number of likely N-dealkylation sites (N-methyl/N-ethyl adjacent to an activating group) is 1. The first-order chi connectivity index (χ1) is 15.4. The minimum Gasteiger partial charge on any atom is -0.441 e. The van der Waals surface area contributed by atoms with E-state index in [4.69, 9.17) is 16.3 Å². The molecule has 1 N–H and O–H groups in total. The number of rotatable bonds is 4. The molecule has 1 saturated heterocycles. The summed E-state index contributed by atoms with van der Waals surface area (Å²) in [4.78, 5) is 26.6. The number of hydrogen-bond donors (Lipinski definition) is 1. The largest absolute Gasteiger partial charge is 0.441 e. The molecule has 3 aromatic heterocycles. The molecule has 1 saturated carbocycles. The van der Waals surface area contributed by atoms with Gasteiger partial charge in [0, 0.05) is 73.2 Å². The summed E-state index contributed by atoms with van der Waals surface area (Å²) in [5.41, 5.74) is 0.919. The summed E-state index contributed by atoms with van der Waals surface area (Å²) in [6.07, 6.45) is 7.44. The van der Waals surface area contributed by atoms with E-state index >= 15 is 0 Å². The summed E-state index contributed by atoms with van der Waals surface area (Å²) < 4.78 is 22.2. The van der Waals surface area contributed by atoms with E-state index in [2.05, 4.69) is 41.5 Å². The third-order valence-electron chi connectivity index (χ3n) is 5.92. The molecular weight excluding hydrogens is 570 g/mol. The minimum absolute atomic E-state index is 0.0670. The number of carbonyl (C=O) groups is 1. The molecule has 2 aliphatic rings. The van der Waals surface area contributed by atoms with Crippen molar-refractivity contribution in [2.75, 3.05) is 18.9 Å². The normalized spacial score (nSPS) is 23.2. The standard InChI is InChI=1S/C20H19ClFIN6O2S/c1-28-10-20(31-19(28)30)4-2-3-12(6-20)26-17-15(22)8-24-16(27-17)14-9-29(32-23)18-13(14)5-11(21)7-25-18/h5,7-9,12H,2-4,6,10H2,1H3,(H,24,26,27). The van der Waals surface area contributed by atoms with E-state index in [0.29, 0.717) is 29.4 Å². The van der Waals surface area contributed by atoms with Crippen molar-refractivity contribution in [3.05, 3.63) is 35.5 Å². The van der Waals surface area contributed by atoms with Crippen molar-refractivity contribution >= 4 is 64.9 Å². The number of nitrogens with zero attached hydrogens (tertiary/aromatic N) is 5. The Labute approximate surface area is 205 Å². The van der Waals surface area contributed by atoms with Crippen LogP contribution in [0.2, 0.25) is 5.02 Å². The van der Waals surface area contributed by atoms with Crippen LogP contribution in [0.15, 0.2) is 24.7 Å². The molecule has 32 heavy (non-hydrogen) atoms. The van der Waals surface area contributed by atoms with Gasteiger partial charge in [0.1, 0.15) is 5.60 Å². The zero-order chi connectivity index (χ0) is 22.5. The van der Waals surface area contributed by atoms with Crippen LogP contribution in [-0.4, -0.2) is 55.2 Å². The second kappa shape index (κ2) is 8.49. The lowest BCUT2D eigenvalue weighted by molar-refractivity contribution is 0.0222. The van der Waals surface area contributed by atoms with Gasteiger partial charge in [-0.05, 0) is 25.3 Å². The van der Waals surface area contributed by atoms with E-state index in [-0.39, 0.29) is 18.0 Å². The molecule has 4 heterocycles. The lowest BCUT2D eigenvalue weighted by Gasteiger charge is -2.36. The Morgan fingerprint density at radius 3 is 3.00 bits per heavy atom. The predicted octanol–water partition coefficient (Wildman–Crippen LogP) is 5.31. The number of fused-ring (bicyclic) bond motifs is 1. The first-order valence-corrected chi connectivity index (χ1v) is 13.8. The Hall–Kier alpha value is -1.86. The SMILES string of the molecule is CN1CC2(CCCC(Nc3nc(-c4cn(SI)c5ncc(Cl)cc45)ncc3F)C2)OC1=O. The highest BCUT2D eigenvalue weighted by Crippen LogP contribution is 2.38. The predicted molar refractivity (Wildman–Crippen MR) is 130 cm³/mol. The Morgan fingerprint density at radius 1 is 1.41 bits per heavy atom. The number of anilines is 1. The van der Waals surface area contributed by atoms with Crippen molar-refractivity contribution in [2.45, 2.75) is 37.3 Å². The highest BCUT2D eigenvalue weighted by atomic mass is 127. The summed E-state index contributed by atoms with van der Waals surface area (Å²) in [5.74, 6) is -0.0190. The van der Waals surface area contributed by atoms with Crippen LogP contribution in [0.4, 0.5) is 15.0 Å². The molecule has 0 radical (unpaired) electrons. The summed E-state index contributed by atoms with van der Waals surface area (Å²) in [5, 5.41) is 4.52. The van der Waals surface area contributed by atoms with Crippen molar-refractivity contribution in [3.8, 4) is 11.4 Å². The van der Waals surface area contributed by atoms with E-state index in [1.165, 1.54) is 15.3 Å². The van der Waals surface area contributed by atoms with E-state index in [0.717, 1.165) is 30.3 Å². The van der Waals surface area contributed by atoms with Crippen LogP contribution in [0.25, 0.3) is 22.4 Å². The Kier molecular flexibility index (Phi) is 5.82. The fraction of sp³-hybridized carbons (Fsp3) is 0.400. The van der Waals surface area contributed by atoms with Crippen LogP contribution in [0, 0.1) is 5.82 Å². The van der Waals surface area contributed by atoms with Crippen molar-refractivity contribution in [2.24, 2.45) is 0 Å². The summed E-state index contributed by atoms with van der Waals surface area (Å²) in [6.45, 7) is 0.544. The molecule has 3 aromatic rings. The van der Waals surface area contributed by atoms with Gasteiger partial charge in [-0.2, -0.15) is 0 Å². The first kappa shape index (κ1) is 22.0. The van der Waals surface area contributed by atoms with Crippen LogP contribution >= 0.6 is 41.9 Å². The number of ether oxygens (including phenoxy) is 1. The maximum absolute atomic E-state index is 14.7. The van der Waals surface area contributed by atoms with Gasteiger partial charge in [0.05, 0.1) is 17.8 Å². The van der Waals surface area contributed by atoms with Crippen molar-refractivity contribution < 1.29 is 13.9 Å². The van der Waals surface area contributed by atoms with E-state index in [1.807, 2.05) is 10.2 Å². The second-order valence-corrected chi connectivity index (χ2v) is 10.3. The summed E-state index contributed by atoms with van der Waals surface area (Å²) in [6, 6.07) is 1.74. The van der Waals surface area contributed by atoms with Crippen LogP contribution in [0.5, 0.6) is 0 Å². The number of hydrogen-bond acceptors (Lipinski definition) is 7. The Bertz CT molecular complexity index is 1210. The van der Waals surface area contributed by atoms with Crippen LogP contribution in [-0.2, 0) is 4.74 Å². The smallest absolute Gasteiger partial charge is 0.410 e. The molecule has 8 nitrogen and oxygen atoms in total. The molecule has 2 fully saturated rings. The second-order valence-electron chi connectivity index (χ2n) is 8.20. The van der Waals surface area contributed by atoms with Gasteiger partial charge in [-0.3, -0.25) is 3.97 Å². The molecule has 12 heteroatoms. The molecule has 2 unspecified atom stereocenters. The maximum Gasteiger partial charge on any atom is 0.410 e. The molecule has 1 aliphatic heterocycles. The van der Waals surface area contributed by atoms with Crippen LogP contribution < -0.4 is 5.32 Å². The number of carbonyl (C=O) groups excluding carboxylic acids is 1. The topological polar surface area (TPSA) is 85.2 Å². The Morgan fingerprint density at radius 2 is 2.25 bits per heavy atom. The number of pyridine rings is 1. The lowest BCUT2D eigenvalue weighted by Crippen LogP contribution is -2.43. The number of nitrogens with one attached hydrogen (secondary N) is 1. The molecule has 2 atom stereocenters. The third kappa shape index (κ3) is 3.98. The van der Waals surface area contributed by atoms with Gasteiger partial charge < -0.3 is 15.0 Å². The average molecular weight is 589 g/mol. The Balaban J connectivity index is 1.45. The highest BCUT2D eigenvalue weighted by Gasteiger charge is 2.46. The van der Waals surface area contributed by atoms with Gasteiger partial charge in [0.15, 0.2) is 23.1 Å². The molecule has 168 valence electrons. The van der Waals surface area contributed by atoms with E-state index in [1.54, 1.807) is 24.2 Å². The fourth-order valence-corrected chi connectivity index (χ4v) is 5.97. The lowest BCUT2D eigenvalue weighted by atomic mass is 9.81. The zero-order valence-electron chi connectivity index (χ0n) is 17.0. The first-order valence-electron chi connectivity index (χ1n) is 10.1. The molecule has 5 rings (SSSR count). The van der Waals surface area contributed by atoms with E-state index < -0.39 is 11.4 Å². The molecular formula is C20H19ClFIN6O2S. The quantitative estimate of drug-likeness (QED) is 0.414. The molecule has 0 bridgehead atoms. The average Bonchev–Trinajstić information content (AvgIpc) is 3.25. The molecule has 0 aromatic carbocycles. The number of amides is 1. The van der Waals surface area contributed by atoms with Crippen molar-refractivity contribution in [1.82, 2.24) is 23.8 Å². The van der Waals surface area contributed by atoms with Gasteiger partial charge in [0.2, 0.25) is 0 Å². The zero-order valence-corrected chi connectivity index (χ0v) is 20.7. The van der Waals surface area contributed by atoms with Crippen LogP contribution in [0.3, 0.4) is 0 Å². The van der Waals surface area contributed by atoms with Gasteiger partial charge in [-0.25, -0.2) is 24.1 Å². The summed E-state index contributed by atoms with van der Waals surface area (Å²) >= 11 is 8.33. The highest BCUT2D eigenvalue weighted by molar-refractivity contribution is 14.2. The van der Waals surface area contributed by atoms with Gasteiger partial charge in [0.25, 0.3) is 0 Å². The van der Waals surface area contributed by atoms with Crippen molar-refractivity contribution in [1.29, 1.82) is 0 Å².